The van der Waals surface area contributed by atoms with Gasteiger partial charge in [-0.2, -0.15) is 0 Å². The van der Waals surface area contributed by atoms with Crippen LogP contribution in [0.3, 0.4) is 0 Å². The number of anilines is 1. The Hall–Kier alpha value is -1.66. The van der Waals surface area contributed by atoms with Gasteiger partial charge in [-0.25, -0.2) is 0 Å². The number of hydrogen-bond acceptors (Lipinski definition) is 5. The van der Waals surface area contributed by atoms with Gasteiger partial charge in [0.05, 0.1) is 18.1 Å². The van der Waals surface area contributed by atoms with Crippen LogP contribution >= 0.6 is 0 Å². The minimum atomic E-state index is -0.347. The molecule has 6 nitrogen and oxygen atoms in total. The van der Waals surface area contributed by atoms with Crippen LogP contribution in [0, 0.1) is 10.1 Å². The molecule has 1 aliphatic rings. The van der Waals surface area contributed by atoms with Gasteiger partial charge in [0.25, 0.3) is 5.69 Å². The van der Waals surface area contributed by atoms with Gasteiger partial charge in [0, 0.05) is 31.2 Å². The monoisotopic (exact) mass is 293 g/mol. The molecule has 1 N–H and O–H groups in total. The lowest BCUT2D eigenvalue weighted by Gasteiger charge is -2.42. The molecule has 6 heteroatoms. The summed E-state index contributed by atoms with van der Waals surface area (Å²) in [4.78, 5) is 13.0. The van der Waals surface area contributed by atoms with E-state index in [4.69, 9.17) is 4.74 Å². The first kappa shape index (κ1) is 15.7. The van der Waals surface area contributed by atoms with Crippen LogP contribution in [0.1, 0.15) is 26.3 Å². The Morgan fingerprint density at radius 2 is 2.24 bits per heavy atom. The molecule has 21 heavy (non-hydrogen) atoms. The second-order valence-electron chi connectivity index (χ2n) is 5.93. The SMILES string of the molecule is CCNc1cc(CN2CCOCC2(C)C)ccc1[N+](=O)[O-]. The molecule has 1 heterocycles. The maximum Gasteiger partial charge on any atom is 0.292 e. The molecule has 0 aromatic heterocycles. The fourth-order valence-corrected chi connectivity index (χ4v) is 2.58. The van der Waals surface area contributed by atoms with Crippen molar-refractivity contribution < 1.29 is 9.66 Å². The molecule has 2 rings (SSSR count). The minimum absolute atomic E-state index is 0.0155. The number of nitrogens with one attached hydrogen (secondary N) is 1. The Morgan fingerprint density at radius 3 is 2.86 bits per heavy atom. The summed E-state index contributed by atoms with van der Waals surface area (Å²) in [5, 5.41) is 14.1. The molecule has 1 saturated heterocycles. The highest BCUT2D eigenvalue weighted by Gasteiger charge is 2.30. The molecule has 1 aliphatic heterocycles. The van der Waals surface area contributed by atoms with Gasteiger partial charge in [-0.05, 0) is 32.4 Å². The predicted molar refractivity (Wildman–Crippen MR) is 82.6 cm³/mol. The van der Waals surface area contributed by atoms with Crippen LogP contribution in [0.5, 0.6) is 0 Å². The normalized spacial score (nSPS) is 18.4. The summed E-state index contributed by atoms with van der Waals surface area (Å²) in [7, 11) is 0. The zero-order valence-electron chi connectivity index (χ0n) is 12.9. The summed E-state index contributed by atoms with van der Waals surface area (Å²) in [6.45, 7) is 9.99. The summed E-state index contributed by atoms with van der Waals surface area (Å²) in [5.74, 6) is 0. The Labute approximate surface area is 125 Å². The number of benzene rings is 1. The van der Waals surface area contributed by atoms with E-state index in [-0.39, 0.29) is 16.1 Å². The molecule has 1 aromatic carbocycles. The molecular weight excluding hydrogens is 270 g/mol. The van der Waals surface area contributed by atoms with Crippen molar-refractivity contribution in [3.8, 4) is 0 Å². The predicted octanol–water partition coefficient (Wildman–Crippen LogP) is 2.64. The fourth-order valence-electron chi connectivity index (χ4n) is 2.58. The van der Waals surface area contributed by atoms with Crippen LogP contribution in [0.4, 0.5) is 11.4 Å². The van der Waals surface area contributed by atoms with E-state index in [9.17, 15) is 10.1 Å². The lowest BCUT2D eigenvalue weighted by Crippen LogP contribution is -2.52. The first-order valence-electron chi connectivity index (χ1n) is 7.28. The largest absolute Gasteiger partial charge is 0.380 e. The van der Waals surface area contributed by atoms with Crippen LogP contribution in [0.25, 0.3) is 0 Å². The van der Waals surface area contributed by atoms with E-state index >= 15 is 0 Å². The first-order valence-corrected chi connectivity index (χ1v) is 7.28. The van der Waals surface area contributed by atoms with Crippen LogP contribution < -0.4 is 5.32 Å². The molecule has 0 bridgehead atoms. The summed E-state index contributed by atoms with van der Waals surface area (Å²) in [5.41, 5.74) is 1.78. The van der Waals surface area contributed by atoms with Crippen molar-refractivity contribution in [1.29, 1.82) is 0 Å². The van der Waals surface area contributed by atoms with Crippen LogP contribution in [-0.2, 0) is 11.3 Å². The Bertz CT molecular complexity index is 517. The Morgan fingerprint density at radius 1 is 1.48 bits per heavy atom. The summed E-state index contributed by atoms with van der Waals surface area (Å²) < 4.78 is 5.52. The quantitative estimate of drug-likeness (QED) is 0.667. The van der Waals surface area contributed by atoms with Crippen molar-refractivity contribution in [3.05, 3.63) is 33.9 Å². The van der Waals surface area contributed by atoms with Crippen molar-refractivity contribution >= 4 is 11.4 Å². The van der Waals surface area contributed by atoms with E-state index < -0.39 is 0 Å². The number of nitrogens with zero attached hydrogens (tertiary/aromatic N) is 2. The van der Waals surface area contributed by atoms with Crippen molar-refractivity contribution in [2.45, 2.75) is 32.9 Å². The van der Waals surface area contributed by atoms with E-state index in [2.05, 4.69) is 24.1 Å². The van der Waals surface area contributed by atoms with E-state index in [0.29, 0.717) is 18.8 Å². The standard InChI is InChI=1S/C15H23N3O3/c1-4-16-13-9-12(5-6-14(13)18(19)20)10-17-7-8-21-11-15(17,2)3/h5-6,9,16H,4,7-8,10-11H2,1-3H3. The molecule has 1 aromatic rings. The van der Waals surface area contributed by atoms with Crippen molar-refractivity contribution in [1.82, 2.24) is 4.90 Å². The molecule has 116 valence electrons. The third-order valence-electron chi connectivity index (χ3n) is 3.82. The average Bonchev–Trinajstić information content (AvgIpc) is 2.41. The number of nitro benzene ring substituents is 1. The molecule has 0 radical (unpaired) electrons. The Balaban J connectivity index is 2.20. The van der Waals surface area contributed by atoms with Gasteiger partial charge in [0.1, 0.15) is 5.69 Å². The molecule has 0 saturated carbocycles. The molecule has 0 aliphatic carbocycles. The number of morpholine rings is 1. The van der Waals surface area contributed by atoms with Gasteiger partial charge < -0.3 is 10.1 Å². The molecular formula is C15H23N3O3. The Kier molecular flexibility index (Phi) is 4.80. The van der Waals surface area contributed by atoms with E-state index in [0.717, 1.165) is 25.3 Å². The van der Waals surface area contributed by atoms with Gasteiger partial charge in [0.2, 0.25) is 0 Å². The fraction of sp³-hybridized carbons (Fsp3) is 0.600. The topological polar surface area (TPSA) is 67.6 Å². The third kappa shape index (κ3) is 3.71. The van der Waals surface area contributed by atoms with E-state index in [1.165, 1.54) is 0 Å². The van der Waals surface area contributed by atoms with Gasteiger partial charge in [-0.15, -0.1) is 0 Å². The molecule has 0 atom stereocenters. The van der Waals surface area contributed by atoms with Gasteiger partial charge >= 0.3 is 0 Å². The van der Waals surface area contributed by atoms with Gasteiger partial charge in [-0.1, -0.05) is 6.07 Å². The molecule has 0 unspecified atom stereocenters. The lowest BCUT2D eigenvalue weighted by atomic mass is 10.0. The minimum Gasteiger partial charge on any atom is -0.380 e. The van der Waals surface area contributed by atoms with Crippen molar-refractivity contribution in [2.75, 3.05) is 31.6 Å². The summed E-state index contributed by atoms with van der Waals surface area (Å²) in [6, 6.07) is 5.30. The van der Waals surface area contributed by atoms with Crippen LogP contribution in [0.2, 0.25) is 0 Å². The highest BCUT2D eigenvalue weighted by Crippen LogP contribution is 2.28. The third-order valence-corrected chi connectivity index (χ3v) is 3.82. The highest BCUT2D eigenvalue weighted by atomic mass is 16.6. The number of hydrogen-bond donors (Lipinski definition) is 1. The second-order valence-corrected chi connectivity index (χ2v) is 5.93. The number of nitro groups is 1. The second kappa shape index (κ2) is 6.41. The maximum atomic E-state index is 11.0. The van der Waals surface area contributed by atoms with Crippen molar-refractivity contribution in [3.63, 3.8) is 0 Å². The molecule has 1 fully saturated rings. The molecule has 0 spiro atoms. The first-order chi connectivity index (χ1) is 9.94. The average molecular weight is 293 g/mol. The number of rotatable bonds is 5. The zero-order chi connectivity index (χ0) is 15.5. The van der Waals surface area contributed by atoms with E-state index in [1.54, 1.807) is 6.07 Å². The molecule has 0 amide bonds. The van der Waals surface area contributed by atoms with Gasteiger partial charge in [-0.3, -0.25) is 15.0 Å². The summed E-state index contributed by atoms with van der Waals surface area (Å²) in [6.07, 6.45) is 0. The maximum absolute atomic E-state index is 11.0. The smallest absolute Gasteiger partial charge is 0.292 e. The lowest BCUT2D eigenvalue weighted by molar-refractivity contribution is -0.384. The van der Waals surface area contributed by atoms with Crippen LogP contribution in [-0.4, -0.2) is 41.7 Å². The van der Waals surface area contributed by atoms with Crippen LogP contribution in [0.15, 0.2) is 18.2 Å². The summed E-state index contributed by atoms with van der Waals surface area (Å²) >= 11 is 0. The highest BCUT2D eigenvalue weighted by molar-refractivity contribution is 5.62. The van der Waals surface area contributed by atoms with Crippen molar-refractivity contribution in [2.24, 2.45) is 0 Å². The zero-order valence-corrected chi connectivity index (χ0v) is 12.9. The van der Waals surface area contributed by atoms with Gasteiger partial charge in [0.15, 0.2) is 0 Å². The van der Waals surface area contributed by atoms with E-state index in [1.807, 2.05) is 19.1 Å². The number of ether oxygens (including phenoxy) is 1.